The summed E-state index contributed by atoms with van der Waals surface area (Å²) in [5.41, 5.74) is 0.673. The second-order valence-corrected chi connectivity index (χ2v) is 10.7. The lowest BCUT2D eigenvalue weighted by atomic mass is 9.69. The Morgan fingerprint density at radius 2 is 1.50 bits per heavy atom. The van der Waals surface area contributed by atoms with Gasteiger partial charge in [-0.05, 0) is 50.0 Å². The topological polar surface area (TPSA) is 48.0 Å². The molecule has 0 unspecified atom stereocenters. The molecule has 0 bridgehead atoms. The third-order valence-electron chi connectivity index (χ3n) is 6.18. The van der Waals surface area contributed by atoms with Crippen LogP contribution >= 0.6 is 0 Å². The summed E-state index contributed by atoms with van der Waals surface area (Å²) in [6, 6.07) is 10.3. The van der Waals surface area contributed by atoms with Gasteiger partial charge in [0.15, 0.2) is 0 Å². The predicted octanol–water partition coefficient (Wildman–Crippen LogP) is 5.67. The Bertz CT molecular complexity index is 655. The zero-order valence-corrected chi connectivity index (χ0v) is 20.0. The summed E-state index contributed by atoms with van der Waals surface area (Å²) in [5, 5.41) is 0. The minimum atomic E-state index is -0.456. The quantitative estimate of drug-likeness (QED) is 0.544. The number of carbonyl (C=O) groups excluding carboxylic acids is 1. The molecule has 2 rings (SSSR count). The minimum Gasteiger partial charge on any atom is -0.444 e. The molecule has 0 radical (unpaired) electrons. The Labute approximate surface area is 183 Å². The second kappa shape index (κ2) is 10.1. The van der Waals surface area contributed by atoms with E-state index in [2.05, 4.69) is 39.8 Å². The van der Waals surface area contributed by atoms with Crippen molar-refractivity contribution in [3.05, 3.63) is 35.9 Å². The Morgan fingerprint density at radius 1 is 0.933 bits per heavy atom. The van der Waals surface area contributed by atoms with E-state index in [0.717, 1.165) is 12.8 Å². The van der Waals surface area contributed by atoms with Gasteiger partial charge in [0.1, 0.15) is 5.60 Å². The van der Waals surface area contributed by atoms with Gasteiger partial charge in [-0.25, -0.2) is 4.79 Å². The molecule has 1 amide bonds. The molecule has 0 atom stereocenters. The van der Waals surface area contributed by atoms with Crippen molar-refractivity contribution < 1.29 is 19.0 Å². The normalized spacial score (nSPS) is 16.6. The standard InChI is InChI=1S/C25H41NO4/c1-23(2,3)30-22(27)26-15-13-21(14-16-26)29-19-25(6,7)24(4,5)18-28-17-20-11-9-8-10-12-20/h8-12,21H,13-19H2,1-7H3. The first-order valence-corrected chi connectivity index (χ1v) is 11.1. The molecule has 5 nitrogen and oxygen atoms in total. The van der Waals surface area contributed by atoms with Crippen molar-refractivity contribution in [2.24, 2.45) is 10.8 Å². The van der Waals surface area contributed by atoms with Crippen LogP contribution in [0.25, 0.3) is 0 Å². The summed E-state index contributed by atoms with van der Waals surface area (Å²) in [6.07, 6.45) is 1.66. The van der Waals surface area contributed by atoms with E-state index >= 15 is 0 Å². The van der Waals surface area contributed by atoms with Gasteiger partial charge in [-0.3, -0.25) is 0 Å². The first-order chi connectivity index (χ1) is 13.9. The van der Waals surface area contributed by atoms with Crippen LogP contribution in [0.5, 0.6) is 0 Å². The number of hydrogen-bond acceptors (Lipinski definition) is 4. The fourth-order valence-electron chi connectivity index (χ4n) is 3.25. The van der Waals surface area contributed by atoms with E-state index in [9.17, 15) is 4.79 Å². The van der Waals surface area contributed by atoms with E-state index in [-0.39, 0.29) is 23.0 Å². The Hall–Kier alpha value is -1.59. The molecule has 0 N–H and O–H groups in total. The van der Waals surface area contributed by atoms with Crippen LogP contribution < -0.4 is 0 Å². The van der Waals surface area contributed by atoms with E-state index in [1.807, 2.05) is 39.0 Å². The lowest BCUT2D eigenvalue weighted by Gasteiger charge is -2.42. The smallest absolute Gasteiger partial charge is 0.410 e. The molecule has 0 saturated carbocycles. The Morgan fingerprint density at radius 3 is 2.07 bits per heavy atom. The molecule has 1 fully saturated rings. The maximum atomic E-state index is 12.2. The van der Waals surface area contributed by atoms with Crippen LogP contribution in [0.1, 0.15) is 66.9 Å². The molecule has 170 valence electrons. The number of rotatable bonds is 8. The van der Waals surface area contributed by atoms with Gasteiger partial charge in [-0.2, -0.15) is 0 Å². The van der Waals surface area contributed by atoms with Gasteiger partial charge in [0, 0.05) is 13.1 Å². The largest absolute Gasteiger partial charge is 0.444 e. The van der Waals surface area contributed by atoms with Gasteiger partial charge in [0.25, 0.3) is 0 Å². The van der Waals surface area contributed by atoms with Gasteiger partial charge in [0.2, 0.25) is 0 Å². The molecule has 1 heterocycles. The monoisotopic (exact) mass is 419 g/mol. The molecule has 0 aromatic heterocycles. The average molecular weight is 420 g/mol. The van der Waals surface area contributed by atoms with Crippen molar-refractivity contribution in [1.82, 2.24) is 4.90 Å². The van der Waals surface area contributed by atoms with Gasteiger partial charge >= 0.3 is 6.09 Å². The van der Waals surface area contributed by atoms with Crippen LogP contribution in [-0.4, -0.2) is 49.0 Å². The molecule has 1 aliphatic rings. The van der Waals surface area contributed by atoms with Gasteiger partial charge < -0.3 is 19.1 Å². The average Bonchev–Trinajstić information content (AvgIpc) is 2.66. The highest BCUT2D eigenvalue weighted by molar-refractivity contribution is 5.68. The summed E-state index contributed by atoms with van der Waals surface area (Å²) in [6.45, 7) is 18.0. The van der Waals surface area contributed by atoms with Crippen molar-refractivity contribution in [1.29, 1.82) is 0 Å². The number of ether oxygens (including phenoxy) is 3. The maximum Gasteiger partial charge on any atom is 0.410 e. The molecule has 1 aliphatic heterocycles. The summed E-state index contributed by atoms with van der Waals surface area (Å²) in [7, 11) is 0. The van der Waals surface area contributed by atoms with E-state index in [1.54, 1.807) is 4.90 Å². The maximum absolute atomic E-state index is 12.2. The fourth-order valence-corrected chi connectivity index (χ4v) is 3.25. The van der Waals surface area contributed by atoms with Gasteiger partial charge in [-0.1, -0.05) is 58.0 Å². The Balaban J connectivity index is 1.75. The van der Waals surface area contributed by atoms with Crippen molar-refractivity contribution in [3.63, 3.8) is 0 Å². The molecule has 1 saturated heterocycles. The van der Waals surface area contributed by atoms with Crippen molar-refractivity contribution in [2.75, 3.05) is 26.3 Å². The van der Waals surface area contributed by atoms with Crippen molar-refractivity contribution in [2.45, 2.75) is 79.6 Å². The minimum absolute atomic E-state index is 0.0288. The number of nitrogens with zero attached hydrogens (tertiary/aromatic N) is 1. The molecule has 5 heteroatoms. The lowest BCUT2D eigenvalue weighted by molar-refractivity contribution is -0.0888. The van der Waals surface area contributed by atoms with Crippen LogP contribution in [-0.2, 0) is 20.8 Å². The first-order valence-electron chi connectivity index (χ1n) is 11.1. The van der Waals surface area contributed by atoms with Gasteiger partial charge in [0.05, 0.1) is 25.9 Å². The molecular formula is C25H41NO4. The van der Waals surface area contributed by atoms with Crippen LogP contribution in [0.15, 0.2) is 30.3 Å². The molecular weight excluding hydrogens is 378 g/mol. The number of benzene rings is 1. The predicted molar refractivity (Wildman–Crippen MR) is 120 cm³/mol. The number of carbonyl (C=O) groups is 1. The number of hydrogen-bond donors (Lipinski definition) is 0. The third-order valence-corrected chi connectivity index (χ3v) is 6.18. The van der Waals surface area contributed by atoms with Crippen LogP contribution in [0, 0.1) is 10.8 Å². The second-order valence-electron chi connectivity index (χ2n) is 10.7. The number of likely N-dealkylation sites (tertiary alicyclic amines) is 1. The van der Waals surface area contributed by atoms with Crippen LogP contribution in [0.2, 0.25) is 0 Å². The Kier molecular flexibility index (Phi) is 8.35. The summed E-state index contributed by atoms with van der Waals surface area (Å²) in [5.74, 6) is 0. The fraction of sp³-hybridized carbons (Fsp3) is 0.720. The van der Waals surface area contributed by atoms with E-state index in [4.69, 9.17) is 14.2 Å². The molecule has 1 aromatic rings. The van der Waals surface area contributed by atoms with Crippen molar-refractivity contribution in [3.8, 4) is 0 Å². The van der Waals surface area contributed by atoms with E-state index in [0.29, 0.717) is 32.9 Å². The highest BCUT2D eigenvalue weighted by Crippen LogP contribution is 2.39. The molecule has 0 spiro atoms. The van der Waals surface area contributed by atoms with E-state index < -0.39 is 5.60 Å². The summed E-state index contributed by atoms with van der Waals surface area (Å²) < 4.78 is 17.8. The van der Waals surface area contributed by atoms with Crippen molar-refractivity contribution >= 4 is 6.09 Å². The van der Waals surface area contributed by atoms with E-state index in [1.165, 1.54) is 5.56 Å². The third kappa shape index (κ3) is 7.59. The molecule has 0 aliphatic carbocycles. The summed E-state index contributed by atoms with van der Waals surface area (Å²) in [4.78, 5) is 14.0. The number of amides is 1. The highest BCUT2D eigenvalue weighted by atomic mass is 16.6. The lowest BCUT2D eigenvalue weighted by Crippen LogP contribution is -2.45. The first kappa shape index (κ1) is 24.7. The van der Waals surface area contributed by atoms with Gasteiger partial charge in [-0.15, -0.1) is 0 Å². The zero-order chi connectivity index (χ0) is 22.4. The summed E-state index contributed by atoms with van der Waals surface area (Å²) >= 11 is 0. The molecule has 30 heavy (non-hydrogen) atoms. The van der Waals surface area contributed by atoms with Crippen LogP contribution in [0.4, 0.5) is 4.79 Å². The zero-order valence-electron chi connectivity index (χ0n) is 20.0. The molecule has 1 aromatic carbocycles. The number of piperidine rings is 1. The SMILES string of the molecule is CC(C)(C)OC(=O)N1CCC(OCC(C)(C)C(C)(C)COCc2ccccc2)CC1. The van der Waals surface area contributed by atoms with Crippen LogP contribution in [0.3, 0.4) is 0 Å². The highest BCUT2D eigenvalue weighted by Gasteiger charge is 2.38.